The number of hydrogen-bond acceptors (Lipinski definition) is 6. The Balaban J connectivity index is 1.47. The van der Waals surface area contributed by atoms with Gasteiger partial charge >= 0.3 is 0 Å². The number of methoxy groups -OCH3 is 1. The van der Waals surface area contributed by atoms with Crippen molar-refractivity contribution in [2.75, 3.05) is 51.7 Å². The number of carbonyl (C=O) groups excluding carboxylic acids is 1. The number of rotatable bonds is 7. The lowest BCUT2D eigenvalue weighted by molar-refractivity contribution is 0.0637. The number of aromatic nitrogens is 2. The van der Waals surface area contributed by atoms with Gasteiger partial charge in [-0.15, -0.1) is 0 Å². The molecule has 1 N–H and O–H groups in total. The topological polar surface area (TPSA) is 70.6 Å². The van der Waals surface area contributed by atoms with Gasteiger partial charge in [0.25, 0.3) is 5.91 Å². The molecule has 144 valence electrons. The fraction of sp³-hybridized carbons (Fsp3) is 0.450. The third-order valence-corrected chi connectivity index (χ3v) is 4.86. The van der Waals surface area contributed by atoms with E-state index in [4.69, 9.17) is 4.74 Å². The number of benzene rings is 1. The molecule has 0 bridgehead atoms. The standard InChI is InChI=1S/C20H27N5O2/c1-3-24-10-12-25(13-11-24)20(26)18-14-23-19(15-22-18)21-9-8-16-4-6-17(27-2)7-5-16/h4-7,14-15H,3,8-13H2,1-2H3,(H,21,23). The van der Waals surface area contributed by atoms with Crippen molar-refractivity contribution in [2.45, 2.75) is 13.3 Å². The molecule has 27 heavy (non-hydrogen) atoms. The van der Waals surface area contributed by atoms with Crippen molar-refractivity contribution in [3.05, 3.63) is 47.9 Å². The normalized spacial score (nSPS) is 14.8. The Morgan fingerprint density at radius 2 is 1.85 bits per heavy atom. The third-order valence-electron chi connectivity index (χ3n) is 4.86. The predicted molar refractivity (Wildman–Crippen MR) is 105 cm³/mol. The first-order valence-electron chi connectivity index (χ1n) is 9.40. The maximum absolute atomic E-state index is 12.5. The highest BCUT2D eigenvalue weighted by molar-refractivity contribution is 5.92. The van der Waals surface area contributed by atoms with Crippen LogP contribution in [-0.4, -0.2) is 72.1 Å². The summed E-state index contributed by atoms with van der Waals surface area (Å²) in [6.45, 7) is 7.24. The van der Waals surface area contributed by atoms with Gasteiger partial charge in [0.05, 0.1) is 19.5 Å². The minimum Gasteiger partial charge on any atom is -0.497 e. The van der Waals surface area contributed by atoms with E-state index in [2.05, 4.69) is 27.1 Å². The molecule has 0 spiro atoms. The van der Waals surface area contributed by atoms with Crippen LogP contribution in [0.4, 0.5) is 5.82 Å². The Morgan fingerprint density at radius 3 is 2.44 bits per heavy atom. The highest BCUT2D eigenvalue weighted by Crippen LogP contribution is 2.12. The van der Waals surface area contributed by atoms with Crippen LogP contribution in [0.1, 0.15) is 23.0 Å². The van der Waals surface area contributed by atoms with Crippen molar-refractivity contribution in [1.82, 2.24) is 19.8 Å². The lowest BCUT2D eigenvalue weighted by atomic mass is 10.1. The van der Waals surface area contributed by atoms with E-state index in [1.807, 2.05) is 29.2 Å². The molecule has 2 aromatic rings. The molecule has 2 heterocycles. The van der Waals surface area contributed by atoms with Gasteiger partial charge < -0.3 is 19.9 Å². The number of carbonyl (C=O) groups is 1. The Hall–Kier alpha value is -2.67. The molecule has 1 amide bonds. The summed E-state index contributed by atoms with van der Waals surface area (Å²) in [5.41, 5.74) is 1.62. The maximum atomic E-state index is 12.5. The van der Waals surface area contributed by atoms with E-state index in [0.29, 0.717) is 11.5 Å². The quantitative estimate of drug-likeness (QED) is 0.804. The second kappa shape index (κ2) is 9.32. The van der Waals surface area contributed by atoms with Crippen molar-refractivity contribution >= 4 is 11.7 Å². The fourth-order valence-corrected chi connectivity index (χ4v) is 3.09. The van der Waals surface area contributed by atoms with Crippen LogP contribution in [0.15, 0.2) is 36.7 Å². The molecule has 1 fully saturated rings. The maximum Gasteiger partial charge on any atom is 0.274 e. The van der Waals surface area contributed by atoms with Gasteiger partial charge in [0.2, 0.25) is 0 Å². The van der Waals surface area contributed by atoms with Crippen LogP contribution in [0.2, 0.25) is 0 Å². The first-order chi connectivity index (χ1) is 13.2. The van der Waals surface area contributed by atoms with Crippen LogP contribution in [0, 0.1) is 0 Å². The van der Waals surface area contributed by atoms with Gasteiger partial charge in [-0.2, -0.15) is 0 Å². The van der Waals surface area contributed by atoms with Crippen LogP contribution in [0.5, 0.6) is 5.75 Å². The molecule has 7 nitrogen and oxygen atoms in total. The number of likely N-dealkylation sites (N-methyl/N-ethyl adjacent to an activating group) is 1. The van der Waals surface area contributed by atoms with Crippen LogP contribution < -0.4 is 10.1 Å². The summed E-state index contributed by atoms with van der Waals surface area (Å²) in [6, 6.07) is 8.00. The molecule has 1 aliphatic rings. The fourth-order valence-electron chi connectivity index (χ4n) is 3.09. The summed E-state index contributed by atoms with van der Waals surface area (Å²) in [4.78, 5) is 25.4. The smallest absolute Gasteiger partial charge is 0.274 e. The summed E-state index contributed by atoms with van der Waals surface area (Å²) in [5, 5.41) is 3.24. The molecule has 0 aliphatic carbocycles. The summed E-state index contributed by atoms with van der Waals surface area (Å²) in [5.74, 6) is 1.49. The van der Waals surface area contributed by atoms with Gasteiger partial charge in [-0.25, -0.2) is 9.97 Å². The average molecular weight is 369 g/mol. The Bertz CT molecular complexity index is 725. The Kier molecular flexibility index (Phi) is 6.59. The zero-order valence-corrected chi connectivity index (χ0v) is 16.0. The van der Waals surface area contributed by atoms with Crippen molar-refractivity contribution in [3.8, 4) is 5.75 Å². The summed E-state index contributed by atoms with van der Waals surface area (Å²) < 4.78 is 5.16. The molecule has 7 heteroatoms. The largest absolute Gasteiger partial charge is 0.497 e. The molecule has 0 radical (unpaired) electrons. The number of ether oxygens (including phenoxy) is 1. The molecule has 1 aromatic carbocycles. The molecule has 0 saturated carbocycles. The number of piperazine rings is 1. The van der Waals surface area contributed by atoms with Gasteiger partial charge in [-0.05, 0) is 30.7 Å². The van der Waals surface area contributed by atoms with E-state index < -0.39 is 0 Å². The summed E-state index contributed by atoms with van der Waals surface area (Å²) in [6.07, 6.45) is 4.06. The molecule has 0 unspecified atom stereocenters. The molecule has 0 atom stereocenters. The first-order valence-corrected chi connectivity index (χ1v) is 9.40. The zero-order valence-electron chi connectivity index (χ0n) is 16.0. The van der Waals surface area contributed by atoms with Crippen molar-refractivity contribution < 1.29 is 9.53 Å². The SMILES string of the molecule is CCN1CCN(C(=O)c2cnc(NCCc3ccc(OC)cc3)cn2)CC1. The minimum absolute atomic E-state index is 0.0389. The minimum atomic E-state index is -0.0389. The van der Waals surface area contributed by atoms with E-state index in [1.165, 1.54) is 5.56 Å². The molecular weight excluding hydrogens is 342 g/mol. The Labute approximate surface area is 160 Å². The van der Waals surface area contributed by atoms with Crippen LogP contribution in [-0.2, 0) is 6.42 Å². The van der Waals surface area contributed by atoms with Crippen molar-refractivity contribution in [1.29, 1.82) is 0 Å². The monoisotopic (exact) mass is 369 g/mol. The van der Waals surface area contributed by atoms with Gasteiger partial charge in [0.1, 0.15) is 17.3 Å². The van der Waals surface area contributed by atoms with Gasteiger partial charge in [-0.3, -0.25) is 4.79 Å². The number of anilines is 1. The van der Waals surface area contributed by atoms with E-state index in [9.17, 15) is 4.79 Å². The van der Waals surface area contributed by atoms with Gasteiger partial charge in [0.15, 0.2) is 0 Å². The van der Waals surface area contributed by atoms with Gasteiger partial charge in [-0.1, -0.05) is 19.1 Å². The lowest BCUT2D eigenvalue weighted by Crippen LogP contribution is -2.48. The van der Waals surface area contributed by atoms with E-state index in [0.717, 1.165) is 51.4 Å². The second-order valence-corrected chi connectivity index (χ2v) is 6.54. The second-order valence-electron chi connectivity index (χ2n) is 6.54. The zero-order chi connectivity index (χ0) is 19.1. The number of nitrogens with one attached hydrogen (secondary N) is 1. The highest BCUT2D eigenvalue weighted by Gasteiger charge is 2.22. The van der Waals surface area contributed by atoms with Crippen LogP contribution in [0.25, 0.3) is 0 Å². The molecule has 1 aromatic heterocycles. The number of amides is 1. The van der Waals surface area contributed by atoms with Gasteiger partial charge in [0, 0.05) is 32.7 Å². The number of hydrogen-bond donors (Lipinski definition) is 1. The molecule has 1 saturated heterocycles. The van der Waals surface area contributed by atoms with Crippen LogP contribution >= 0.6 is 0 Å². The van der Waals surface area contributed by atoms with Crippen molar-refractivity contribution in [3.63, 3.8) is 0 Å². The summed E-state index contributed by atoms with van der Waals surface area (Å²) >= 11 is 0. The average Bonchev–Trinajstić information content (AvgIpc) is 2.74. The number of nitrogens with zero attached hydrogens (tertiary/aromatic N) is 4. The van der Waals surface area contributed by atoms with E-state index >= 15 is 0 Å². The molecular formula is C20H27N5O2. The molecule has 3 rings (SSSR count). The van der Waals surface area contributed by atoms with Crippen molar-refractivity contribution in [2.24, 2.45) is 0 Å². The Morgan fingerprint density at radius 1 is 1.11 bits per heavy atom. The predicted octanol–water partition coefficient (Wildman–Crippen LogP) is 1.92. The van der Waals surface area contributed by atoms with E-state index in [-0.39, 0.29) is 5.91 Å². The highest BCUT2D eigenvalue weighted by atomic mass is 16.5. The third kappa shape index (κ3) is 5.17. The summed E-state index contributed by atoms with van der Waals surface area (Å²) in [7, 11) is 1.66. The lowest BCUT2D eigenvalue weighted by Gasteiger charge is -2.33. The van der Waals surface area contributed by atoms with E-state index in [1.54, 1.807) is 19.5 Å². The van der Waals surface area contributed by atoms with Crippen LogP contribution in [0.3, 0.4) is 0 Å². The molecule has 1 aliphatic heterocycles. The first kappa shape index (κ1) is 19.1.